The summed E-state index contributed by atoms with van der Waals surface area (Å²) < 4.78 is 4.73. The van der Waals surface area contributed by atoms with Crippen LogP contribution >= 0.6 is 0 Å². The lowest BCUT2D eigenvalue weighted by Crippen LogP contribution is -2.00. The molecule has 1 heterocycles. The highest BCUT2D eigenvalue weighted by atomic mass is 16.5. The minimum atomic E-state index is -0.367. The molecule has 4 heteroatoms. The van der Waals surface area contributed by atoms with Crippen LogP contribution in [0, 0.1) is 6.92 Å². The van der Waals surface area contributed by atoms with Gasteiger partial charge in [0.15, 0.2) is 0 Å². The summed E-state index contributed by atoms with van der Waals surface area (Å²) in [6.07, 6.45) is 1.39. The van der Waals surface area contributed by atoms with Crippen molar-refractivity contribution in [2.45, 2.75) is 6.92 Å². The van der Waals surface area contributed by atoms with E-state index in [4.69, 9.17) is 4.52 Å². The monoisotopic (exact) mass is 203 g/mol. The fourth-order valence-electron chi connectivity index (χ4n) is 1.30. The Morgan fingerprint density at radius 2 is 2.20 bits per heavy atom. The van der Waals surface area contributed by atoms with E-state index in [0.717, 1.165) is 5.56 Å². The lowest BCUT2D eigenvalue weighted by Gasteiger charge is -2.01. The average molecular weight is 203 g/mol. The number of phenols is 1. The summed E-state index contributed by atoms with van der Waals surface area (Å²) in [6, 6.07) is 6.29. The van der Waals surface area contributed by atoms with Crippen LogP contribution in [0.3, 0.4) is 0 Å². The SMILES string of the molecule is Cc1ccc(O)c(C(=O)c2ccno2)c1. The molecule has 1 aromatic heterocycles. The number of phenolic OH excluding ortho intramolecular Hbond substituents is 1. The second-order valence-corrected chi connectivity index (χ2v) is 3.23. The van der Waals surface area contributed by atoms with Crippen molar-refractivity contribution in [1.29, 1.82) is 0 Å². The fraction of sp³-hybridized carbons (Fsp3) is 0.0909. The number of carbonyl (C=O) groups excluding carboxylic acids is 1. The van der Waals surface area contributed by atoms with Gasteiger partial charge in [0.2, 0.25) is 11.5 Å². The number of carbonyl (C=O) groups is 1. The number of hydrogen-bond donors (Lipinski definition) is 1. The van der Waals surface area contributed by atoms with Gasteiger partial charge in [-0.05, 0) is 19.1 Å². The van der Waals surface area contributed by atoms with Crippen molar-refractivity contribution in [2.24, 2.45) is 0 Å². The summed E-state index contributed by atoms with van der Waals surface area (Å²) in [4.78, 5) is 11.8. The van der Waals surface area contributed by atoms with Crippen LogP contribution in [0.1, 0.15) is 21.7 Å². The smallest absolute Gasteiger partial charge is 0.234 e. The van der Waals surface area contributed by atoms with Crippen molar-refractivity contribution < 1.29 is 14.4 Å². The first-order valence-corrected chi connectivity index (χ1v) is 4.43. The normalized spacial score (nSPS) is 10.2. The molecule has 0 aliphatic heterocycles. The van der Waals surface area contributed by atoms with Gasteiger partial charge in [-0.3, -0.25) is 4.79 Å². The molecular weight excluding hydrogens is 194 g/mol. The molecule has 76 valence electrons. The minimum absolute atomic E-state index is 0.0537. The zero-order valence-corrected chi connectivity index (χ0v) is 8.10. The van der Waals surface area contributed by atoms with E-state index in [1.807, 2.05) is 6.92 Å². The molecule has 1 aromatic carbocycles. The molecular formula is C11H9NO3. The highest BCUT2D eigenvalue weighted by Gasteiger charge is 2.16. The number of aromatic hydroxyl groups is 1. The predicted molar refractivity (Wildman–Crippen MR) is 52.8 cm³/mol. The van der Waals surface area contributed by atoms with Gasteiger partial charge in [0.1, 0.15) is 5.75 Å². The summed E-state index contributed by atoms with van der Waals surface area (Å²) in [7, 11) is 0. The largest absolute Gasteiger partial charge is 0.507 e. The van der Waals surface area contributed by atoms with Gasteiger partial charge in [-0.25, -0.2) is 0 Å². The first-order valence-electron chi connectivity index (χ1n) is 4.43. The van der Waals surface area contributed by atoms with Gasteiger partial charge in [0.05, 0.1) is 11.8 Å². The van der Waals surface area contributed by atoms with Gasteiger partial charge in [0, 0.05) is 6.07 Å². The molecule has 0 fully saturated rings. The first-order chi connectivity index (χ1) is 7.18. The second-order valence-electron chi connectivity index (χ2n) is 3.23. The van der Waals surface area contributed by atoms with Crippen molar-refractivity contribution in [3.05, 3.63) is 47.3 Å². The van der Waals surface area contributed by atoms with Crippen LogP contribution in [0.2, 0.25) is 0 Å². The molecule has 0 radical (unpaired) electrons. The van der Waals surface area contributed by atoms with E-state index in [0.29, 0.717) is 0 Å². The first kappa shape index (κ1) is 9.45. The van der Waals surface area contributed by atoms with Gasteiger partial charge in [0.25, 0.3) is 0 Å². The third kappa shape index (κ3) is 1.74. The summed E-state index contributed by atoms with van der Waals surface area (Å²) in [5, 5.41) is 13.0. The van der Waals surface area contributed by atoms with Crippen LogP contribution in [0.15, 0.2) is 35.0 Å². The Bertz CT molecular complexity index is 489. The number of ketones is 1. The zero-order valence-electron chi connectivity index (χ0n) is 8.10. The maximum atomic E-state index is 11.8. The van der Waals surface area contributed by atoms with E-state index in [9.17, 15) is 9.90 Å². The number of aryl methyl sites for hydroxylation is 1. The number of benzene rings is 1. The Morgan fingerprint density at radius 3 is 2.87 bits per heavy atom. The average Bonchev–Trinajstić information content (AvgIpc) is 2.74. The third-order valence-corrected chi connectivity index (χ3v) is 2.06. The van der Waals surface area contributed by atoms with Crippen molar-refractivity contribution in [3.8, 4) is 5.75 Å². The van der Waals surface area contributed by atoms with Crippen molar-refractivity contribution in [2.75, 3.05) is 0 Å². The molecule has 0 unspecified atom stereocenters. The van der Waals surface area contributed by atoms with Crippen LogP contribution in [0.5, 0.6) is 5.75 Å². The number of hydrogen-bond acceptors (Lipinski definition) is 4. The molecule has 0 saturated heterocycles. The van der Waals surface area contributed by atoms with E-state index < -0.39 is 0 Å². The van der Waals surface area contributed by atoms with Crippen LogP contribution in [-0.2, 0) is 0 Å². The minimum Gasteiger partial charge on any atom is -0.507 e. The van der Waals surface area contributed by atoms with Crippen LogP contribution in [0.25, 0.3) is 0 Å². The zero-order chi connectivity index (χ0) is 10.8. The van der Waals surface area contributed by atoms with Crippen molar-refractivity contribution in [1.82, 2.24) is 5.16 Å². The molecule has 0 bridgehead atoms. The third-order valence-electron chi connectivity index (χ3n) is 2.06. The molecule has 15 heavy (non-hydrogen) atoms. The van der Waals surface area contributed by atoms with Gasteiger partial charge >= 0.3 is 0 Å². The van der Waals surface area contributed by atoms with E-state index >= 15 is 0 Å². The molecule has 1 N–H and O–H groups in total. The lowest BCUT2D eigenvalue weighted by atomic mass is 10.1. The van der Waals surface area contributed by atoms with E-state index in [1.54, 1.807) is 12.1 Å². The van der Waals surface area contributed by atoms with Crippen LogP contribution < -0.4 is 0 Å². The van der Waals surface area contributed by atoms with Crippen LogP contribution in [-0.4, -0.2) is 16.0 Å². The highest BCUT2D eigenvalue weighted by molar-refractivity contribution is 6.08. The molecule has 0 saturated carbocycles. The number of nitrogens with zero attached hydrogens (tertiary/aromatic N) is 1. The maximum absolute atomic E-state index is 11.8. The highest BCUT2D eigenvalue weighted by Crippen LogP contribution is 2.21. The molecule has 2 aromatic rings. The molecule has 0 aliphatic carbocycles. The Kier molecular flexibility index (Phi) is 2.25. The molecule has 0 atom stereocenters. The maximum Gasteiger partial charge on any atom is 0.234 e. The van der Waals surface area contributed by atoms with Gasteiger partial charge < -0.3 is 9.63 Å². The summed E-state index contributed by atoms with van der Waals surface area (Å²) in [5.41, 5.74) is 1.13. The summed E-state index contributed by atoms with van der Waals surface area (Å²) in [5.74, 6) is -0.299. The Balaban J connectivity index is 2.46. The molecule has 2 rings (SSSR count). The number of aromatic nitrogens is 1. The fourth-order valence-corrected chi connectivity index (χ4v) is 1.30. The molecule has 0 amide bonds. The Labute approximate surface area is 86.1 Å². The van der Waals surface area contributed by atoms with Gasteiger partial charge in [-0.1, -0.05) is 16.8 Å². The topological polar surface area (TPSA) is 63.3 Å². The number of rotatable bonds is 2. The van der Waals surface area contributed by atoms with Gasteiger partial charge in [-0.15, -0.1) is 0 Å². The van der Waals surface area contributed by atoms with E-state index in [2.05, 4.69) is 5.16 Å². The van der Waals surface area contributed by atoms with E-state index in [1.165, 1.54) is 18.3 Å². The lowest BCUT2D eigenvalue weighted by molar-refractivity contribution is 0.0998. The van der Waals surface area contributed by atoms with Crippen LogP contribution in [0.4, 0.5) is 0 Å². The molecule has 4 nitrogen and oxygen atoms in total. The Hall–Kier alpha value is -2.10. The van der Waals surface area contributed by atoms with Crippen molar-refractivity contribution in [3.63, 3.8) is 0 Å². The van der Waals surface area contributed by atoms with Crippen molar-refractivity contribution >= 4 is 5.78 Å². The Morgan fingerprint density at radius 1 is 1.40 bits per heavy atom. The van der Waals surface area contributed by atoms with E-state index in [-0.39, 0.29) is 22.9 Å². The quantitative estimate of drug-likeness (QED) is 0.757. The molecule has 0 aliphatic rings. The summed E-state index contributed by atoms with van der Waals surface area (Å²) in [6.45, 7) is 1.84. The standard InChI is InChI=1S/C11H9NO3/c1-7-2-3-9(13)8(6-7)11(14)10-4-5-12-15-10/h2-6,13H,1H3. The predicted octanol–water partition coefficient (Wildman–Crippen LogP) is 1.92. The summed E-state index contributed by atoms with van der Waals surface area (Å²) >= 11 is 0. The second kappa shape index (κ2) is 3.57. The van der Waals surface area contributed by atoms with Gasteiger partial charge in [-0.2, -0.15) is 0 Å². The molecule has 0 spiro atoms.